The highest BCUT2D eigenvalue weighted by molar-refractivity contribution is 7.59. The summed E-state index contributed by atoms with van der Waals surface area (Å²) in [7, 11) is -2.25. The molecule has 0 radical (unpaired) electrons. The molecule has 3 aromatic rings. The van der Waals surface area contributed by atoms with Crippen LogP contribution in [0.1, 0.15) is 73.1 Å². The Hall–Kier alpha value is -4.20. The molecule has 1 aromatic carbocycles. The predicted octanol–water partition coefficient (Wildman–Crippen LogP) is 6.54. The van der Waals surface area contributed by atoms with E-state index in [0.717, 1.165) is 30.8 Å². The number of benzene rings is 1. The maximum absolute atomic E-state index is 14.6. The topological polar surface area (TPSA) is 181 Å². The van der Waals surface area contributed by atoms with Crippen molar-refractivity contribution in [1.29, 1.82) is 0 Å². The first kappa shape index (κ1) is 40.5. The molecule has 3 amide bonds. The van der Waals surface area contributed by atoms with Gasteiger partial charge in [-0.05, 0) is 63.5 Å². The molecule has 0 spiro atoms. The number of ether oxygens (including phenoxy) is 3. The third-order valence-electron chi connectivity index (χ3n) is 10.6. The van der Waals surface area contributed by atoms with E-state index >= 15 is 0 Å². The van der Waals surface area contributed by atoms with E-state index in [1.807, 2.05) is 46.1 Å². The third kappa shape index (κ3) is 8.79. The summed E-state index contributed by atoms with van der Waals surface area (Å²) >= 11 is 1.46. The van der Waals surface area contributed by atoms with Crippen LogP contribution in [0.4, 0.5) is 9.93 Å². The number of carbonyl (C=O) groups excluding carboxylic acids is 3. The van der Waals surface area contributed by atoms with Crippen LogP contribution in [0.15, 0.2) is 42.3 Å². The van der Waals surface area contributed by atoms with Gasteiger partial charge in [-0.15, -0.1) is 17.9 Å². The van der Waals surface area contributed by atoms with Crippen molar-refractivity contribution < 1.29 is 38.1 Å². The minimum atomic E-state index is -3.83. The van der Waals surface area contributed by atoms with Crippen molar-refractivity contribution in [2.75, 3.05) is 25.6 Å². The number of aromatic nitrogens is 2. The fraction of sp³-hybridized carbons (Fsp3) is 0.564. The molecule has 2 aliphatic carbocycles. The number of carbonyl (C=O) groups is 3. The SMILES string of the molecule is C=C[C@@H]1C[C@]1(NC(=O)C1C[C@@H](Oc2cc(-c3csc(NC(C)C)n3)nc3cc(OC)ccc23)CN1C(=O)C(NC(=O)OC1CCCC1)C(C)(C)C)P(C)(=O)O. The van der Waals surface area contributed by atoms with Crippen LogP contribution >= 0.6 is 18.7 Å². The molecular formula is C39H53N6O8PS. The van der Waals surface area contributed by atoms with Crippen LogP contribution in [0.2, 0.25) is 0 Å². The van der Waals surface area contributed by atoms with Crippen LogP contribution in [0.3, 0.4) is 0 Å². The van der Waals surface area contributed by atoms with E-state index in [9.17, 15) is 23.8 Å². The van der Waals surface area contributed by atoms with E-state index in [1.165, 1.54) is 22.9 Å². The number of thiazole rings is 1. The van der Waals surface area contributed by atoms with Crippen LogP contribution in [0.25, 0.3) is 22.3 Å². The second-order valence-electron chi connectivity index (χ2n) is 16.3. The van der Waals surface area contributed by atoms with Gasteiger partial charge in [0.15, 0.2) is 5.13 Å². The molecule has 16 heteroatoms. The summed E-state index contributed by atoms with van der Waals surface area (Å²) in [4.78, 5) is 63.8. The number of nitrogens with zero attached hydrogens (tertiary/aromatic N) is 3. The highest BCUT2D eigenvalue weighted by atomic mass is 32.1. The Kier molecular flexibility index (Phi) is 11.6. The first-order chi connectivity index (χ1) is 25.9. The summed E-state index contributed by atoms with van der Waals surface area (Å²) in [6, 6.07) is 5.30. The molecule has 55 heavy (non-hydrogen) atoms. The standard InChI is InChI=1S/C39H53N6O8PS/c1-9-23-19-39(23,54(8,49)50)44-34(46)31-17-26(20-45(31)35(47)33(38(4,5)6)43-37(48)53-24-12-10-11-13-24)52-32-18-29(30-21-55-36(42-30)40-22(2)3)41-28-16-25(51-7)14-15-27(28)32/h9,14-16,18,21-24,26,31,33H,1,10-13,17,19-20H2,2-8H3,(H,40,42)(H,43,48)(H,44,46)(H,49,50)/t23-,26-,31?,33?,39+/m1/s1. The largest absolute Gasteiger partial charge is 0.497 e. The number of alkyl carbamates (subject to hydrolysis) is 1. The molecule has 3 fully saturated rings. The summed E-state index contributed by atoms with van der Waals surface area (Å²) < 4.78 is 31.0. The number of pyridine rings is 1. The fourth-order valence-corrected chi connectivity index (χ4v) is 9.92. The smallest absolute Gasteiger partial charge is 0.408 e. The van der Waals surface area contributed by atoms with Gasteiger partial charge >= 0.3 is 6.09 Å². The molecule has 3 unspecified atom stereocenters. The van der Waals surface area contributed by atoms with Gasteiger partial charge in [-0.2, -0.15) is 0 Å². The van der Waals surface area contributed by atoms with Crippen molar-refractivity contribution in [2.24, 2.45) is 11.3 Å². The van der Waals surface area contributed by atoms with Gasteiger partial charge in [-0.1, -0.05) is 26.8 Å². The Morgan fingerprint density at radius 2 is 1.85 bits per heavy atom. The van der Waals surface area contributed by atoms with Crippen LogP contribution in [-0.2, 0) is 18.9 Å². The maximum atomic E-state index is 14.6. The van der Waals surface area contributed by atoms with Crippen molar-refractivity contribution in [3.8, 4) is 22.9 Å². The number of methoxy groups -OCH3 is 1. The average molecular weight is 797 g/mol. The first-order valence-electron chi connectivity index (χ1n) is 18.8. The van der Waals surface area contributed by atoms with Gasteiger partial charge in [0.1, 0.15) is 46.8 Å². The van der Waals surface area contributed by atoms with Crippen LogP contribution in [-0.4, -0.2) is 93.6 Å². The summed E-state index contributed by atoms with van der Waals surface area (Å²) in [6.45, 7) is 14.6. The van der Waals surface area contributed by atoms with Gasteiger partial charge in [0, 0.05) is 47.9 Å². The number of nitrogens with one attached hydrogen (secondary N) is 3. The van der Waals surface area contributed by atoms with Gasteiger partial charge in [-0.25, -0.2) is 14.8 Å². The minimum Gasteiger partial charge on any atom is -0.497 e. The second-order valence-corrected chi connectivity index (χ2v) is 19.7. The first-order valence-corrected chi connectivity index (χ1v) is 21.8. The van der Waals surface area contributed by atoms with E-state index in [2.05, 4.69) is 22.5 Å². The van der Waals surface area contributed by atoms with Gasteiger partial charge in [0.25, 0.3) is 0 Å². The van der Waals surface area contributed by atoms with Gasteiger partial charge in [0.05, 0.1) is 24.9 Å². The zero-order valence-corrected chi connectivity index (χ0v) is 34.3. The summed E-state index contributed by atoms with van der Waals surface area (Å²) in [5, 5.41) is 11.0. The quantitative estimate of drug-likeness (QED) is 0.109. The second kappa shape index (κ2) is 15.7. The number of anilines is 1. The summed E-state index contributed by atoms with van der Waals surface area (Å²) in [5.74, 6) is -0.400. The minimum absolute atomic E-state index is 0.00187. The van der Waals surface area contributed by atoms with Crippen LogP contribution < -0.4 is 25.4 Å². The number of hydrogen-bond donors (Lipinski definition) is 4. The molecule has 2 saturated carbocycles. The Morgan fingerprint density at radius 1 is 1.13 bits per heavy atom. The average Bonchev–Trinajstić information content (AvgIpc) is 3.50. The number of amides is 3. The lowest BCUT2D eigenvalue weighted by atomic mass is 9.85. The molecule has 6 rings (SSSR count). The van der Waals surface area contributed by atoms with Crippen molar-refractivity contribution in [3.05, 3.63) is 42.3 Å². The Bertz CT molecular complexity index is 1990. The Balaban J connectivity index is 1.33. The van der Waals surface area contributed by atoms with Gasteiger partial charge in [0.2, 0.25) is 19.2 Å². The highest BCUT2D eigenvalue weighted by Crippen LogP contribution is 2.67. The number of rotatable bonds is 13. The zero-order chi connectivity index (χ0) is 39.9. The highest BCUT2D eigenvalue weighted by Gasteiger charge is 2.64. The van der Waals surface area contributed by atoms with Crippen molar-refractivity contribution in [3.63, 3.8) is 0 Å². The number of fused-ring (bicyclic) bond motifs is 1. The molecular weight excluding hydrogens is 744 g/mol. The summed E-state index contributed by atoms with van der Waals surface area (Å²) in [6.07, 6.45) is 3.79. The van der Waals surface area contributed by atoms with Gasteiger partial charge in [-0.3, -0.25) is 14.2 Å². The molecule has 1 aliphatic heterocycles. The fourth-order valence-electron chi connectivity index (χ4n) is 7.49. The molecule has 298 valence electrons. The van der Waals surface area contributed by atoms with E-state index in [-0.39, 0.29) is 31.5 Å². The predicted molar refractivity (Wildman–Crippen MR) is 213 cm³/mol. The molecule has 3 heterocycles. The van der Waals surface area contributed by atoms with Crippen LogP contribution in [0.5, 0.6) is 11.5 Å². The van der Waals surface area contributed by atoms with E-state index in [0.29, 0.717) is 33.8 Å². The third-order valence-corrected chi connectivity index (χ3v) is 13.5. The van der Waals surface area contributed by atoms with E-state index in [1.54, 1.807) is 31.4 Å². The lowest BCUT2D eigenvalue weighted by molar-refractivity contribution is -0.142. The lowest BCUT2D eigenvalue weighted by Gasteiger charge is -2.35. The molecule has 6 atom stereocenters. The normalized spacial score (nSPS) is 24.2. The lowest BCUT2D eigenvalue weighted by Crippen LogP contribution is -2.58. The van der Waals surface area contributed by atoms with Crippen molar-refractivity contribution in [2.45, 2.75) is 109 Å². The molecule has 2 aromatic heterocycles. The van der Waals surface area contributed by atoms with Crippen molar-refractivity contribution >= 4 is 52.6 Å². The molecule has 1 saturated heterocycles. The summed E-state index contributed by atoms with van der Waals surface area (Å²) in [5.41, 5.74) is 1.04. The zero-order valence-electron chi connectivity index (χ0n) is 32.6. The molecule has 14 nitrogen and oxygen atoms in total. The van der Waals surface area contributed by atoms with Crippen LogP contribution in [0, 0.1) is 11.3 Å². The van der Waals surface area contributed by atoms with E-state index in [4.69, 9.17) is 24.2 Å². The van der Waals surface area contributed by atoms with Crippen molar-refractivity contribution in [1.82, 2.24) is 25.5 Å². The van der Waals surface area contributed by atoms with E-state index < -0.39 is 60.1 Å². The number of hydrogen-bond acceptors (Lipinski definition) is 11. The number of likely N-dealkylation sites (tertiary alicyclic amines) is 1. The molecule has 4 N–H and O–H groups in total. The van der Waals surface area contributed by atoms with Gasteiger partial charge < -0.3 is 40.0 Å². The Morgan fingerprint density at radius 3 is 2.47 bits per heavy atom. The molecule has 3 aliphatic rings. The molecule has 0 bridgehead atoms. The maximum Gasteiger partial charge on any atom is 0.408 e. The monoisotopic (exact) mass is 796 g/mol. The Labute approximate surface area is 326 Å².